The maximum absolute atomic E-state index is 8.89. The highest BCUT2D eigenvalue weighted by Crippen LogP contribution is 2.35. The molecule has 0 N–H and O–H groups in total. The van der Waals surface area contributed by atoms with E-state index in [4.69, 9.17) is 33.2 Å². The van der Waals surface area contributed by atoms with Crippen molar-refractivity contribution in [2.24, 2.45) is 0 Å². The Kier molecular flexibility index (Phi) is 5.34. The van der Waals surface area contributed by atoms with Crippen LogP contribution in [-0.2, 0) is 6.61 Å². The molecule has 0 atom stereocenters. The van der Waals surface area contributed by atoms with Gasteiger partial charge in [-0.1, -0.05) is 29.3 Å². The Labute approximate surface area is 143 Å². The molecule has 102 valence electrons. The number of ether oxygens (including phenoxy) is 1. The molecule has 2 nitrogen and oxygen atoms in total. The topological polar surface area (TPSA) is 33.0 Å². The summed E-state index contributed by atoms with van der Waals surface area (Å²) in [5, 5.41) is 10.0. The van der Waals surface area contributed by atoms with E-state index in [0.29, 0.717) is 36.9 Å². The zero-order valence-electron chi connectivity index (χ0n) is 9.96. The third-order valence-corrected chi connectivity index (χ3v) is 4.28. The van der Waals surface area contributed by atoms with Crippen molar-refractivity contribution < 1.29 is 4.74 Å². The van der Waals surface area contributed by atoms with Gasteiger partial charge in [0.2, 0.25) is 0 Å². The van der Waals surface area contributed by atoms with Gasteiger partial charge in [-0.2, -0.15) is 5.26 Å². The predicted molar refractivity (Wildman–Crippen MR) is 87.4 cm³/mol. The molecule has 0 amide bonds. The van der Waals surface area contributed by atoms with Crippen molar-refractivity contribution in [1.29, 1.82) is 5.26 Å². The average molecular weight is 436 g/mol. The molecule has 0 radical (unpaired) electrons. The summed E-state index contributed by atoms with van der Waals surface area (Å²) in [5.74, 6) is 0.620. The molecule has 0 aliphatic rings. The van der Waals surface area contributed by atoms with E-state index in [0.717, 1.165) is 5.56 Å². The Morgan fingerprint density at radius 2 is 1.75 bits per heavy atom. The fraction of sp³-hybridized carbons (Fsp3) is 0.0714. The van der Waals surface area contributed by atoms with Crippen molar-refractivity contribution in [3.8, 4) is 11.8 Å². The number of benzene rings is 2. The summed E-state index contributed by atoms with van der Waals surface area (Å²) in [7, 11) is 0. The standard InChI is InChI=1S/C14H7Br2Cl2NO/c15-11-3-8(6-19)4-12(16)14(11)20-7-9-1-2-10(17)5-13(9)18/h1-5H,7H2. The normalized spacial score (nSPS) is 10.2. The molecule has 2 aromatic rings. The minimum absolute atomic E-state index is 0.305. The lowest BCUT2D eigenvalue weighted by molar-refractivity contribution is 0.302. The molecule has 0 aromatic heterocycles. The number of nitriles is 1. The molecule has 20 heavy (non-hydrogen) atoms. The third-order valence-electron chi connectivity index (χ3n) is 2.51. The Bertz CT molecular complexity index is 675. The summed E-state index contributed by atoms with van der Waals surface area (Å²) < 4.78 is 7.15. The van der Waals surface area contributed by atoms with E-state index in [9.17, 15) is 0 Å². The highest BCUT2D eigenvalue weighted by Gasteiger charge is 2.10. The monoisotopic (exact) mass is 433 g/mol. The molecular formula is C14H7Br2Cl2NO. The first-order valence-electron chi connectivity index (χ1n) is 5.47. The molecule has 0 aliphatic carbocycles. The fourth-order valence-electron chi connectivity index (χ4n) is 1.55. The van der Waals surface area contributed by atoms with Crippen LogP contribution in [0.2, 0.25) is 10.0 Å². The SMILES string of the molecule is N#Cc1cc(Br)c(OCc2ccc(Cl)cc2Cl)c(Br)c1. The summed E-state index contributed by atoms with van der Waals surface area (Å²) in [5.41, 5.74) is 1.37. The lowest BCUT2D eigenvalue weighted by Gasteiger charge is -2.11. The van der Waals surface area contributed by atoms with Gasteiger partial charge in [-0.25, -0.2) is 0 Å². The first-order valence-corrected chi connectivity index (χ1v) is 7.81. The van der Waals surface area contributed by atoms with Crippen LogP contribution in [0.15, 0.2) is 39.3 Å². The molecule has 0 heterocycles. The molecule has 0 spiro atoms. The molecule has 2 rings (SSSR count). The van der Waals surface area contributed by atoms with Gasteiger partial charge in [0.15, 0.2) is 0 Å². The van der Waals surface area contributed by atoms with Gasteiger partial charge in [0.1, 0.15) is 12.4 Å². The van der Waals surface area contributed by atoms with Crippen molar-refractivity contribution in [1.82, 2.24) is 0 Å². The van der Waals surface area contributed by atoms with Crippen LogP contribution >= 0.6 is 55.1 Å². The minimum Gasteiger partial charge on any atom is -0.486 e. The van der Waals surface area contributed by atoms with Gasteiger partial charge in [-0.05, 0) is 56.1 Å². The van der Waals surface area contributed by atoms with Crippen LogP contribution < -0.4 is 4.74 Å². The van der Waals surface area contributed by atoms with Crippen molar-refractivity contribution in [3.63, 3.8) is 0 Å². The lowest BCUT2D eigenvalue weighted by atomic mass is 10.2. The summed E-state index contributed by atoms with van der Waals surface area (Å²) >= 11 is 18.7. The van der Waals surface area contributed by atoms with E-state index in [-0.39, 0.29) is 0 Å². The Hall–Kier alpha value is -0.730. The molecule has 0 fully saturated rings. The Balaban J connectivity index is 2.21. The fourth-order valence-corrected chi connectivity index (χ4v) is 3.43. The molecule has 6 heteroatoms. The maximum Gasteiger partial charge on any atom is 0.148 e. The third kappa shape index (κ3) is 3.67. The molecular weight excluding hydrogens is 429 g/mol. The van der Waals surface area contributed by atoms with Crippen molar-refractivity contribution in [2.45, 2.75) is 6.61 Å². The second-order valence-corrected chi connectivity index (χ2v) is 6.46. The second kappa shape index (κ2) is 6.82. The maximum atomic E-state index is 8.89. The lowest BCUT2D eigenvalue weighted by Crippen LogP contribution is -1.98. The molecule has 2 aromatic carbocycles. The van der Waals surface area contributed by atoms with Gasteiger partial charge < -0.3 is 4.74 Å². The average Bonchev–Trinajstić information content (AvgIpc) is 2.39. The first-order chi connectivity index (χ1) is 9.51. The number of hydrogen-bond acceptors (Lipinski definition) is 2. The number of halogens is 4. The van der Waals surface area contributed by atoms with Gasteiger partial charge in [0, 0.05) is 15.6 Å². The van der Waals surface area contributed by atoms with E-state index in [1.165, 1.54) is 0 Å². The second-order valence-electron chi connectivity index (χ2n) is 3.91. The van der Waals surface area contributed by atoms with E-state index >= 15 is 0 Å². The van der Waals surface area contributed by atoms with E-state index in [1.54, 1.807) is 24.3 Å². The predicted octanol–water partition coefficient (Wildman–Crippen LogP) is 5.97. The highest BCUT2D eigenvalue weighted by molar-refractivity contribution is 9.11. The molecule has 0 saturated carbocycles. The first kappa shape index (κ1) is 15.7. The number of rotatable bonds is 3. The van der Waals surface area contributed by atoms with Gasteiger partial charge in [0.05, 0.1) is 20.6 Å². The Morgan fingerprint density at radius 3 is 2.30 bits per heavy atom. The van der Waals surface area contributed by atoms with Gasteiger partial charge >= 0.3 is 0 Å². The summed E-state index contributed by atoms with van der Waals surface area (Å²) in [4.78, 5) is 0. The minimum atomic E-state index is 0.305. The zero-order valence-corrected chi connectivity index (χ0v) is 14.6. The van der Waals surface area contributed by atoms with Crippen LogP contribution in [0.25, 0.3) is 0 Å². The Morgan fingerprint density at radius 1 is 1.10 bits per heavy atom. The molecule has 0 bridgehead atoms. The number of hydrogen-bond donors (Lipinski definition) is 0. The molecule has 0 aliphatic heterocycles. The van der Waals surface area contributed by atoms with Crippen molar-refractivity contribution in [2.75, 3.05) is 0 Å². The van der Waals surface area contributed by atoms with Crippen LogP contribution in [0.3, 0.4) is 0 Å². The van der Waals surface area contributed by atoms with Crippen LogP contribution in [0.5, 0.6) is 5.75 Å². The van der Waals surface area contributed by atoms with Gasteiger partial charge in [-0.15, -0.1) is 0 Å². The van der Waals surface area contributed by atoms with Crippen LogP contribution in [-0.4, -0.2) is 0 Å². The van der Waals surface area contributed by atoms with E-state index in [2.05, 4.69) is 37.9 Å². The van der Waals surface area contributed by atoms with Crippen LogP contribution in [0.4, 0.5) is 0 Å². The zero-order chi connectivity index (χ0) is 14.7. The van der Waals surface area contributed by atoms with Gasteiger partial charge in [-0.3, -0.25) is 0 Å². The molecule has 0 saturated heterocycles. The van der Waals surface area contributed by atoms with Crippen LogP contribution in [0.1, 0.15) is 11.1 Å². The summed E-state index contributed by atoms with van der Waals surface area (Å²) in [6.07, 6.45) is 0. The quantitative estimate of drug-likeness (QED) is 0.595. The van der Waals surface area contributed by atoms with Crippen molar-refractivity contribution >= 4 is 55.1 Å². The van der Waals surface area contributed by atoms with Gasteiger partial charge in [0.25, 0.3) is 0 Å². The van der Waals surface area contributed by atoms with E-state index in [1.807, 2.05) is 6.07 Å². The summed E-state index contributed by atoms with van der Waals surface area (Å²) in [6.45, 7) is 0.305. The van der Waals surface area contributed by atoms with E-state index < -0.39 is 0 Å². The van der Waals surface area contributed by atoms with Crippen LogP contribution in [0, 0.1) is 11.3 Å². The smallest absolute Gasteiger partial charge is 0.148 e. The summed E-state index contributed by atoms with van der Waals surface area (Å²) in [6, 6.07) is 10.7. The number of nitrogens with zero attached hydrogens (tertiary/aromatic N) is 1. The largest absolute Gasteiger partial charge is 0.486 e. The van der Waals surface area contributed by atoms with Crippen molar-refractivity contribution in [3.05, 3.63) is 60.4 Å². The molecule has 0 unspecified atom stereocenters. The highest BCUT2D eigenvalue weighted by atomic mass is 79.9.